The van der Waals surface area contributed by atoms with Crippen LogP contribution in [0.5, 0.6) is 0 Å². The maximum absolute atomic E-state index is 13.7. The SMILES string of the molecule is CN1C(=O)C(C)(c2cccc(-c3cc(Cl)ccc3CNS(=O)(=O)c3ccccc3)c2)N=C1N.CN1C(=O)C(c2cccc(-n3ccnc3)c2)(C2CC2)N=C1N.CN1C(=O)C[C@@](C)(c2cc(NC(=O)c3ccccc3)c(-c3cccc(C#N)c3)s2)N=C1N.CN1C(=O)[C@@H](c2ccc(C3(C#N)CC3)cc2)[C@@](C)(c2cc3c(cnc4ccc(C#N)cc43)s2)N=C1N.COCC[C@@]1(c2ccc(-c3cccc(C#N)c3)s2)CC(=O)N(C)C(N)=N1. The van der Waals surface area contributed by atoms with Crippen LogP contribution in [-0.2, 0) is 78.4 Å². The number of likely N-dealkylation sites (N-methyl/N-ethyl adjacent to an activating group) is 3. The second-order valence-electron chi connectivity index (χ2n) is 37.5. The first-order valence-corrected chi connectivity index (χ1v) is 51.7. The number of anilines is 1. The van der Waals surface area contributed by atoms with E-state index < -0.39 is 43.6 Å². The second kappa shape index (κ2) is 42.0. The summed E-state index contributed by atoms with van der Waals surface area (Å²) in [5.41, 5.74) is 37.1. The summed E-state index contributed by atoms with van der Waals surface area (Å²) in [6.07, 6.45) is 11.9. The number of hydrogen-bond donors (Lipinski definition) is 7. The molecule has 6 amide bonds. The number of imidazole rings is 1. The van der Waals surface area contributed by atoms with Crippen molar-refractivity contribution in [2.75, 3.05) is 54.3 Å². The lowest BCUT2D eigenvalue weighted by Gasteiger charge is -2.40. The Hall–Kier alpha value is -16.8. The van der Waals surface area contributed by atoms with Crippen molar-refractivity contribution in [3.63, 3.8) is 0 Å². The Morgan fingerprint density at radius 3 is 1.81 bits per heavy atom. The number of aliphatic imine (C=N–C) groups is 5. The summed E-state index contributed by atoms with van der Waals surface area (Å²) in [7, 11) is 6.09. The van der Waals surface area contributed by atoms with E-state index >= 15 is 0 Å². The summed E-state index contributed by atoms with van der Waals surface area (Å²) in [6.45, 7) is 6.07. The van der Waals surface area contributed by atoms with E-state index in [4.69, 9.17) is 55.3 Å². The van der Waals surface area contributed by atoms with Gasteiger partial charge in [-0.2, -0.15) is 21.0 Å². The normalized spacial score (nSPS) is 20.6. The first-order valence-electron chi connectivity index (χ1n) is 47.4. The minimum Gasteiger partial charge on any atom is -0.385 e. The second-order valence-corrected chi connectivity index (χ2v) is 43.0. The van der Waals surface area contributed by atoms with Crippen LogP contribution in [0.15, 0.2) is 297 Å². The number of thiophene rings is 3. The molecule has 0 bridgehead atoms. The van der Waals surface area contributed by atoms with Crippen molar-refractivity contribution < 1.29 is 41.9 Å². The molecule has 752 valence electrons. The van der Waals surface area contributed by atoms with Gasteiger partial charge in [-0.05, 0) is 224 Å². The molecule has 7 aliphatic rings. The highest BCUT2D eigenvalue weighted by Crippen LogP contribution is 2.55. The van der Waals surface area contributed by atoms with Gasteiger partial charge in [-0.25, -0.2) is 43.1 Å². The third-order valence-corrected chi connectivity index (χ3v) is 33.5. The highest BCUT2D eigenvalue weighted by molar-refractivity contribution is 7.89. The Morgan fingerprint density at radius 1 is 0.557 bits per heavy atom. The molecule has 9 aromatic carbocycles. The maximum atomic E-state index is 13.7. The molecule has 2 aliphatic carbocycles. The molecule has 6 atom stereocenters. The number of carbonyl (C=O) groups is 6. The summed E-state index contributed by atoms with van der Waals surface area (Å²) >= 11 is 10.8. The molecule has 2 saturated carbocycles. The molecule has 0 spiro atoms. The summed E-state index contributed by atoms with van der Waals surface area (Å²) in [6, 6.07) is 82.4. The van der Waals surface area contributed by atoms with Crippen LogP contribution < -0.4 is 38.7 Å². The molecule has 21 rings (SSSR count). The number of benzene rings is 9. The minimum absolute atomic E-state index is 0.0321. The van der Waals surface area contributed by atoms with Crippen molar-refractivity contribution in [3.8, 4) is 62.0 Å². The van der Waals surface area contributed by atoms with Crippen molar-refractivity contribution in [3.05, 3.63) is 337 Å². The molecule has 38 heteroatoms. The van der Waals surface area contributed by atoms with Crippen LogP contribution in [0.25, 0.3) is 58.7 Å². The maximum Gasteiger partial charge on any atom is 0.261 e. The summed E-state index contributed by atoms with van der Waals surface area (Å²) in [4.78, 5) is 120. The third kappa shape index (κ3) is 20.7. The number of halogens is 1. The standard InChI is InChI=1S/C28H22N6OS.C24H23ClN4O3S.C24H21N5O2S.C19H20N4O2S.C16H17N5O/c1-27(23-12-20-19-11-16(13-29)3-8-21(19)32-14-22(20)36-23)24(25(35)34(2)26(31)33-27)17-4-6-18(7-5-17)28(15-30)9-10-28;1-24(22(30)29(2)23(26)28-24)18-8-6-7-16(13-18)21-14-19(25)12-11-17(21)15-27-33(31,32)20-9-4-3-5-10-20;1-24(13-20(30)29(2)23(26)28-24)19-12-18(27-22(31)16-8-4-3-5-9-16)21(32-19)17-10-6-7-15(11-17)14-25;1-23-17(24)11-19(8-9-25-2,22-18(23)21)16-7-6-15(26-16)14-5-3-4-13(10-14)12-20;1-20-14(22)16(11-5-6-11,19-15(20)17)12-3-2-4-13(9-12)21-8-7-18-10-21/h3-8,11-12,14,24H,9-10H2,1-2H3,(H2,31,33);3-14,27H,15H2,1-2H3,(H2,26,28);3-12H,13H2,1-2H3,(H2,26,28)(H,27,31);3-7,10H,8-9,11H2,1-2H3,(H2,21,22);2-4,7-11H,5-6H2,1H3,(H2,17,19)/t24-,27-;;24-;19-;/m1.00./s1. The van der Waals surface area contributed by atoms with Gasteiger partial charge in [0.25, 0.3) is 17.7 Å². The molecule has 2 unspecified atom stereocenters. The zero-order chi connectivity index (χ0) is 106. The number of hydrogen-bond acceptors (Lipinski definition) is 28. The van der Waals surface area contributed by atoms with E-state index in [9.17, 15) is 53.0 Å². The Bertz CT molecular complexity index is 8140. The molecule has 5 aliphatic heterocycles. The number of guanidine groups is 5. The van der Waals surface area contributed by atoms with Crippen molar-refractivity contribution in [1.29, 1.82) is 21.0 Å². The predicted molar refractivity (Wildman–Crippen MR) is 578 cm³/mol. The van der Waals surface area contributed by atoms with Crippen LogP contribution >= 0.6 is 45.6 Å². The largest absolute Gasteiger partial charge is 0.385 e. The van der Waals surface area contributed by atoms with Crippen LogP contribution in [0.1, 0.15) is 141 Å². The smallest absolute Gasteiger partial charge is 0.261 e. The van der Waals surface area contributed by atoms with Gasteiger partial charge in [0, 0.05) is 127 Å². The van der Waals surface area contributed by atoms with Crippen molar-refractivity contribution in [2.45, 2.75) is 116 Å². The molecule has 0 radical (unpaired) electrons. The molecule has 5 aromatic heterocycles. The molecular weight excluding hydrogens is 1980 g/mol. The number of nitrogens with zero attached hydrogens (tertiary/aromatic N) is 17. The lowest BCUT2D eigenvalue weighted by Crippen LogP contribution is -2.52. The van der Waals surface area contributed by atoms with Gasteiger partial charge in [-0.15, -0.1) is 34.0 Å². The van der Waals surface area contributed by atoms with E-state index in [1.807, 2.05) is 164 Å². The number of fused-ring (bicyclic) bond motifs is 3. The summed E-state index contributed by atoms with van der Waals surface area (Å²) in [5, 5.41) is 42.7. The van der Waals surface area contributed by atoms with Gasteiger partial charge >= 0.3 is 0 Å². The zero-order valence-electron chi connectivity index (χ0n) is 82.6. The lowest BCUT2D eigenvalue weighted by molar-refractivity contribution is -0.132. The number of pyridine rings is 1. The van der Waals surface area contributed by atoms with E-state index in [2.05, 4.69) is 70.3 Å². The van der Waals surface area contributed by atoms with E-state index in [1.165, 1.54) is 59.3 Å². The van der Waals surface area contributed by atoms with Crippen molar-refractivity contribution in [2.24, 2.45) is 59.5 Å². The van der Waals surface area contributed by atoms with Crippen LogP contribution in [-0.4, -0.2) is 162 Å². The molecule has 2 fully saturated rings. The van der Waals surface area contributed by atoms with Crippen molar-refractivity contribution >= 4 is 148 Å². The van der Waals surface area contributed by atoms with Crippen molar-refractivity contribution in [1.82, 2.24) is 43.8 Å². The van der Waals surface area contributed by atoms with E-state index in [-0.39, 0.29) is 94.9 Å². The highest BCUT2D eigenvalue weighted by atomic mass is 35.5. The fourth-order valence-corrected chi connectivity index (χ4v) is 23.4. The quantitative estimate of drug-likeness (QED) is 0.0351. The van der Waals surface area contributed by atoms with Crippen LogP contribution in [0.2, 0.25) is 5.02 Å². The fourth-order valence-electron chi connectivity index (χ4n) is 18.7. The Balaban J connectivity index is 0.000000128. The number of nitrogens with one attached hydrogen (secondary N) is 2. The van der Waals surface area contributed by atoms with Crippen LogP contribution in [0.3, 0.4) is 0 Å². The van der Waals surface area contributed by atoms with Gasteiger partial charge in [-0.1, -0.05) is 133 Å². The fraction of sp³-hybridized carbons (Fsp3) is 0.234. The number of methoxy groups -OCH3 is 1. The van der Waals surface area contributed by atoms with Gasteiger partial charge in [-0.3, -0.25) is 58.3 Å². The third-order valence-electron chi connectivity index (χ3n) is 27.8. The zero-order valence-corrected chi connectivity index (χ0v) is 86.6. The number of sulfonamides is 1. The topological polar surface area (TPSA) is 504 Å². The van der Waals surface area contributed by atoms with Gasteiger partial charge in [0.1, 0.15) is 16.6 Å². The molecule has 0 saturated heterocycles. The Kier molecular flexibility index (Phi) is 29.2. The highest BCUT2D eigenvalue weighted by Gasteiger charge is 2.58. The number of carbonyl (C=O) groups excluding carboxylic acids is 6. The number of ether oxygens (including phenoxy) is 1. The average Bonchev–Trinajstić information content (AvgIpc) is 1.56. The van der Waals surface area contributed by atoms with Gasteiger partial charge in [0.2, 0.25) is 27.7 Å². The predicted octanol–water partition coefficient (Wildman–Crippen LogP) is 16.0. The first-order chi connectivity index (χ1) is 71.3. The molecule has 33 nitrogen and oxygen atoms in total. The average molecular weight is 2080 g/mol. The van der Waals surface area contributed by atoms with Gasteiger partial charge < -0.3 is 43.3 Å². The number of nitriles is 4. The van der Waals surface area contributed by atoms with E-state index in [0.717, 1.165) is 121 Å². The Morgan fingerprint density at radius 2 is 1.18 bits per heavy atom. The number of aromatic nitrogens is 3. The monoisotopic (exact) mass is 2080 g/mol. The number of nitrogens with two attached hydrogens (primary N) is 5. The number of rotatable bonds is 21. The molecule has 14 aromatic rings. The van der Waals surface area contributed by atoms with Crippen LogP contribution in [0.4, 0.5) is 5.69 Å². The molecule has 149 heavy (non-hydrogen) atoms. The van der Waals surface area contributed by atoms with Gasteiger partial charge in [0.15, 0.2) is 40.9 Å². The van der Waals surface area contributed by atoms with E-state index in [1.54, 1.807) is 164 Å². The van der Waals surface area contributed by atoms with E-state index in [0.29, 0.717) is 57.5 Å². The molecular formula is C111H103ClN24O9S4. The summed E-state index contributed by atoms with van der Waals surface area (Å²) in [5.74, 6) is -0.184. The molecule has 10 heterocycles. The Labute approximate surface area is 877 Å². The molecule has 12 N–H and O–H groups in total. The minimum atomic E-state index is -3.68. The van der Waals surface area contributed by atoms with Gasteiger partial charge in [0.05, 0.1) is 97.1 Å². The lowest BCUT2D eigenvalue weighted by atomic mass is 9.77. The summed E-state index contributed by atoms with van der Waals surface area (Å²) < 4.78 is 36.1. The number of amides is 6. The van der Waals surface area contributed by atoms with Crippen LogP contribution in [0, 0.1) is 51.2 Å². The first kappa shape index (κ1) is 104.